The Bertz CT molecular complexity index is 1930. The number of hydrogen-bond acceptors (Lipinski definition) is 14. The van der Waals surface area contributed by atoms with E-state index in [-0.39, 0.29) is 87.6 Å². The highest BCUT2D eigenvalue weighted by molar-refractivity contribution is 14.1. The SMILES string of the molecule is CN(CC(O)CO)C(=O)c1c(I)c(NC(=O)CO)c(I)c(C(=O)NCCCNC(=O)c2c(I)c(NC(=O)C(O)C(O)CO)c(I)c(C(=O)N(C)CC(O)CO)c2I)c1I. The summed E-state index contributed by atoms with van der Waals surface area (Å²) in [7, 11) is 2.74. The largest absolute Gasteiger partial charge is 0.394 e. The topological polar surface area (TPSA) is 319 Å². The van der Waals surface area contributed by atoms with Crippen LogP contribution in [0.4, 0.5) is 11.4 Å². The molecule has 12 N–H and O–H groups in total. The van der Waals surface area contributed by atoms with Gasteiger partial charge in [-0.2, -0.15) is 0 Å². The molecule has 0 aliphatic heterocycles. The summed E-state index contributed by atoms with van der Waals surface area (Å²) < 4.78 is 1.16. The number of aliphatic hydroxyl groups is 8. The van der Waals surface area contributed by atoms with Crippen molar-refractivity contribution in [3.8, 4) is 0 Å². The van der Waals surface area contributed by atoms with E-state index in [9.17, 15) is 69.6 Å². The van der Waals surface area contributed by atoms with Gasteiger partial charge in [0.1, 0.15) is 12.7 Å². The van der Waals surface area contributed by atoms with Crippen LogP contribution in [0.3, 0.4) is 0 Å². The summed E-state index contributed by atoms with van der Waals surface area (Å²) in [6.45, 7) is -3.64. The number of nitrogens with one attached hydrogen (secondary N) is 4. The summed E-state index contributed by atoms with van der Waals surface area (Å²) >= 11 is 10.8. The molecule has 4 atom stereocenters. The summed E-state index contributed by atoms with van der Waals surface area (Å²) in [5.74, 6) is -4.62. The van der Waals surface area contributed by atoms with E-state index in [0.29, 0.717) is 0 Å². The number of amides is 6. The fraction of sp³-hybridized carbons (Fsp3) is 0.455. The number of likely N-dealkylation sites (N-methyl/N-ethyl adjacent to an activating group) is 2. The molecule has 4 unspecified atom stereocenters. The molecule has 0 radical (unpaired) electrons. The summed E-state index contributed by atoms with van der Waals surface area (Å²) in [5, 5.41) is 87.4. The average molecular weight is 1510 g/mol. The molecule has 59 heavy (non-hydrogen) atoms. The Balaban J connectivity index is 2.44. The van der Waals surface area contributed by atoms with Crippen LogP contribution in [0.15, 0.2) is 0 Å². The van der Waals surface area contributed by atoms with Gasteiger partial charge in [0.25, 0.3) is 29.5 Å². The number of carbonyl (C=O) groups excluding carboxylic acids is 6. The monoisotopic (exact) mass is 1510 g/mol. The van der Waals surface area contributed by atoms with Crippen LogP contribution in [0.2, 0.25) is 0 Å². The molecule has 0 heterocycles. The third kappa shape index (κ3) is 14.2. The second kappa shape index (κ2) is 25.6. The van der Waals surface area contributed by atoms with Crippen LogP contribution < -0.4 is 21.3 Å². The normalized spacial score (nSPS) is 13.2. The van der Waals surface area contributed by atoms with Crippen LogP contribution in [0, 0.1) is 21.4 Å². The van der Waals surface area contributed by atoms with Crippen molar-refractivity contribution in [1.82, 2.24) is 20.4 Å². The van der Waals surface area contributed by atoms with Crippen LogP contribution in [0.5, 0.6) is 0 Å². The first kappa shape index (κ1) is 54.5. The van der Waals surface area contributed by atoms with E-state index >= 15 is 0 Å². The van der Waals surface area contributed by atoms with E-state index in [0.717, 1.165) is 9.80 Å². The molecular weight excluding hydrogens is 1470 g/mol. The lowest BCUT2D eigenvalue weighted by molar-refractivity contribution is -0.131. The summed E-state index contributed by atoms with van der Waals surface area (Å²) in [4.78, 5) is 82.0. The smallest absolute Gasteiger partial charge is 0.256 e. The first-order valence-electron chi connectivity index (χ1n) is 16.9. The minimum Gasteiger partial charge on any atom is -0.394 e. The van der Waals surface area contributed by atoms with Gasteiger partial charge in [0.2, 0.25) is 5.91 Å². The van der Waals surface area contributed by atoms with Gasteiger partial charge in [-0.25, -0.2) is 0 Å². The van der Waals surface area contributed by atoms with Gasteiger partial charge in [0, 0.05) is 47.4 Å². The number of hydrogen-bond donors (Lipinski definition) is 12. The van der Waals surface area contributed by atoms with Crippen LogP contribution in [-0.4, -0.2) is 177 Å². The van der Waals surface area contributed by atoms with Gasteiger partial charge in [-0.1, -0.05) is 0 Å². The van der Waals surface area contributed by atoms with Crippen molar-refractivity contribution in [2.24, 2.45) is 0 Å². The first-order valence-corrected chi connectivity index (χ1v) is 23.3. The van der Waals surface area contributed by atoms with Gasteiger partial charge in [0.05, 0.1) is 79.9 Å². The van der Waals surface area contributed by atoms with E-state index in [1.165, 1.54) is 14.1 Å². The fourth-order valence-corrected chi connectivity index (χ4v) is 13.7. The lowest BCUT2D eigenvalue weighted by atomic mass is 10.1. The van der Waals surface area contributed by atoms with Gasteiger partial charge < -0.3 is 71.9 Å². The molecule has 0 aromatic heterocycles. The van der Waals surface area contributed by atoms with Crippen LogP contribution in [0.1, 0.15) is 47.9 Å². The third-order valence-corrected chi connectivity index (χ3v) is 14.5. The fourth-order valence-electron chi connectivity index (χ4n) is 4.94. The van der Waals surface area contributed by atoms with Crippen molar-refractivity contribution in [3.05, 3.63) is 43.7 Å². The third-order valence-electron chi connectivity index (χ3n) is 8.00. The molecule has 328 valence electrons. The average Bonchev–Trinajstić information content (AvgIpc) is 3.19. The zero-order valence-corrected chi connectivity index (χ0v) is 43.8. The summed E-state index contributed by atoms with van der Waals surface area (Å²) in [6, 6.07) is 0. The Hall–Kier alpha value is -0.680. The van der Waals surface area contributed by atoms with Gasteiger partial charge in [-0.3, -0.25) is 28.8 Å². The minimum atomic E-state index is -2.07. The lowest BCUT2D eigenvalue weighted by Gasteiger charge is -2.25. The zero-order chi connectivity index (χ0) is 45.0. The van der Waals surface area contributed by atoms with Crippen molar-refractivity contribution in [2.75, 3.05) is 77.3 Å². The summed E-state index contributed by atoms with van der Waals surface area (Å²) in [6.07, 6.45) is -6.28. The van der Waals surface area contributed by atoms with Crippen molar-refractivity contribution < 1.29 is 69.6 Å². The van der Waals surface area contributed by atoms with E-state index in [1.54, 1.807) is 67.8 Å². The molecule has 0 fully saturated rings. The van der Waals surface area contributed by atoms with Crippen molar-refractivity contribution >= 4 is 182 Å². The molecule has 0 saturated carbocycles. The number of benzene rings is 2. The Labute approximate surface area is 419 Å². The zero-order valence-electron chi connectivity index (χ0n) is 30.9. The maximum atomic E-state index is 13.8. The highest BCUT2D eigenvalue weighted by Gasteiger charge is 2.33. The first-order chi connectivity index (χ1) is 27.6. The highest BCUT2D eigenvalue weighted by atomic mass is 127. The molecule has 2 aromatic rings. The highest BCUT2D eigenvalue weighted by Crippen LogP contribution is 2.38. The summed E-state index contributed by atoms with van der Waals surface area (Å²) in [5.41, 5.74) is -0.0537. The number of aliphatic hydroxyl groups excluding tert-OH is 8. The second-order valence-electron chi connectivity index (χ2n) is 12.4. The number of nitrogens with zero attached hydrogens (tertiary/aromatic N) is 2. The van der Waals surface area contributed by atoms with E-state index < -0.39 is 86.3 Å². The van der Waals surface area contributed by atoms with Gasteiger partial charge in [0.15, 0.2) is 6.10 Å². The van der Waals surface area contributed by atoms with Crippen LogP contribution in [0.25, 0.3) is 0 Å². The number of anilines is 2. The van der Waals surface area contributed by atoms with Gasteiger partial charge >= 0.3 is 0 Å². The van der Waals surface area contributed by atoms with Gasteiger partial charge in [-0.15, -0.1) is 0 Å². The van der Waals surface area contributed by atoms with Crippen LogP contribution in [-0.2, 0) is 9.59 Å². The quantitative estimate of drug-likeness (QED) is 0.0577. The molecule has 6 amide bonds. The van der Waals surface area contributed by atoms with E-state index in [1.807, 2.05) is 67.8 Å². The molecule has 26 heteroatoms. The Morgan fingerprint density at radius 3 is 1.29 bits per heavy atom. The predicted molar refractivity (Wildman–Crippen MR) is 262 cm³/mol. The standard InChI is InChI=1S/C33H40I6N6O14/c1-44(6-12(50)8-46)32(58)18-20(34)16(22(36)26(24(18)38)42-15(53)11-49)29(55)40-4-3-5-41-30(56)17-21(35)19(33(59)45(2)7-13(51)9-47)25(39)27(23(17)37)43-31(57)28(54)14(52)10-48/h12-14,28,46-52,54H,3-11H2,1-2H3,(H,40,55)(H,41,56)(H,42,53)(H,43,57). The molecule has 0 bridgehead atoms. The molecule has 2 rings (SSSR count). The van der Waals surface area contributed by atoms with Crippen molar-refractivity contribution in [1.29, 1.82) is 0 Å². The van der Waals surface area contributed by atoms with Gasteiger partial charge in [-0.05, 0) is 142 Å². The lowest BCUT2D eigenvalue weighted by Crippen LogP contribution is -2.41. The van der Waals surface area contributed by atoms with Crippen LogP contribution >= 0.6 is 136 Å². The number of rotatable bonds is 20. The molecule has 0 aliphatic carbocycles. The molecule has 20 nitrogen and oxygen atoms in total. The maximum absolute atomic E-state index is 13.8. The minimum absolute atomic E-state index is 0.0174. The Morgan fingerprint density at radius 1 is 0.559 bits per heavy atom. The molecule has 0 saturated heterocycles. The number of halogens is 6. The number of carbonyl (C=O) groups is 6. The Kier molecular flexibility index (Phi) is 23.6. The second-order valence-corrected chi connectivity index (χ2v) is 18.9. The van der Waals surface area contributed by atoms with Crippen molar-refractivity contribution in [3.63, 3.8) is 0 Å². The predicted octanol–water partition coefficient (Wildman–Crippen LogP) is -0.702. The van der Waals surface area contributed by atoms with E-state index in [2.05, 4.69) is 21.3 Å². The Morgan fingerprint density at radius 2 is 0.932 bits per heavy atom. The maximum Gasteiger partial charge on any atom is 0.256 e. The molecule has 2 aromatic carbocycles. The molecule has 0 aliphatic rings. The molecular formula is C33H40I6N6O14. The molecule has 0 spiro atoms. The van der Waals surface area contributed by atoms with Crippen molar-refractivity contribution in [2.45, 2.75) is 30.8 Å². The van der Waals surface area contributed by atoms with E-state index in [4.69, 9.17) is 0 Å².